The van der Waals surface area contributed by atoms with E-state index in [-0.39, 0.29) is 40.0 Å². The molecule has 0 aliphatic carbocycles. The zero-order valence-corrected chi connectivity index (χ0v) is 8.51. The Hall–Kier alpha value is 0.526. The number of hydrogen-bond acceptors (Lipinski definition) is 1. The summed E-state index contributed by atoms with van der Waals surface area (Å²) in [7, 11) is 0. The fourth-order valence-corrected chi connectivity index (χ4v) is 0.197. The van der Waals surface area contributed by atoms with Crippen LogP contribution in [0.2, 0.25) is 0 Å². The summed E-state index contributed by atoms with van der Waals surface area (Å²) < 4.78 is 4.78. The minimum Gasteiger partial charge on any atom is -1.00 e. The van der Waals surface area contributed by atoms with E-state index in [4.69, 9.17) is 11.3 Å². The first-order valence-electron chi connectivity index (χ1n) is 2.23. The smallest absolute Gasteiger partial charge is 1.00 e. The molecule has 0 radical (unpaired) electrons. The second kappa shape index (κ2) is 15.8. The van der Waals surface area contributed by atoms with Crippen LogP contribution >= 0.6 is 0 Å². The van der Waals surface area contributed by atoms with Gasteiger partial charge in [0.15, 0.2) is 0 Å². The van der Waals surface area contributed by atoms with Crippen molar-refractivity contribution in [3.63, 3.8) is 0 Å². The van der Waals surface area contributed by atoms with Crippen molar-refractivity contribution >= 4 is 23.1 Å². The van der Waals surface area contributed by atoms with Crippen LogP contribution in [0.3, 0.4) is 0 Å². The molecule has 0 heterocycles. The Kier molecular flexibility index (Phi) is 28.6. The summed E-state index contributed by atoms with van der Waals surface area (Å²) >= 11 is 0. The Labute approximate surface area is 83.1 Å². The third-order valence-electron chi connectivity index (χ3n) is 0.453. The van der Waals surface area contributed by atoms with Gasteiger partial charge in [0, 0.05) is 6.26 Å². The molecule has 0 amide bonds. The van der Waals surface area contributed by atoms with Crippen molar-refractivity contribution in [1.82, 2.24) is 0 Å². The maximum Gasteiger partial charge on any atom is 2.00 e. The van der Waals surface area contributed by atoms with E-state index in [1.54, 1.807) is 12.3 Å². The molecule has 0 unspecified atom stereocenters. The molecule has 0 aromatic rings. The van der Waals surface area contributed by atoms with Crippen LogP contribution in [-0.4, -0.2) is 29.7 Å². The SMILES string of the molecule is [Br-].[CH-]=CC=COCC.[Mg+2]. The van der Waals surface area contributed by atoms with Crippen LogP contribution in [0.15, 0.2) is 18.4 Å². The van der Waals surface area contributed by atoms with Gasteiger partial charge < -0.3 is 21.7 Å². The molecule has 1 nitrogen and oxygen atoms in total. The molecule has 0 saturated carbocycles. The zero-order chi connectivity index (χ0) is 5.54. The summed E-state index contributed by atoms with van der Waals surface area (Å²) in [5, 5.41) is 0. The summed E-state index contributed by atoms with van der Waals surface area (Å²) in [4.78, 5) is 0. The summed E-state index contributed by atoms with van der Waals surface area (Å²) in [6.45, 7) is 7.59. The van der Waals surface area contributed by atoms with Gasteiger partial charge in [-0.25, -0.2) is 6.08 Å². The molecule has 0 rings (SSSR count). The Morgan fingerprint density at radius 3 is 2.44 bits per heavy atom. The van der Waals surface area contributed by atoms with Gasteiger partial charge in [-0.15, -0.1) is 0 Å². The van der Waals surface area contributed by atoms with E-state index in [1.807, 2.05) is 6.92 Å². The van der Waals surface area contributed by atoms with Crippen molar-refractivity contribution in [2.45, 2.75) is 6.92 Å². The molecular formula is C6H9BrMgO. The Balaban J connectivity index is -0.000000180. The topological polar surface area (TPSA) is 9.23 Å². The van der Waals surface area contributed by atoms with E-state index in [2.05, 4.69) is 0 Å². The normalized spacial score (nSPS) is 7.22. The predicted octanol–water partition coefficient (Wildman–Crippen LogP) is -1.85. The first-order valence-corrected chi connectivity index (χ1v) is 2.23. The standard InChI is InChI=1S/C6H9O.BrH.Mg/c1-3-5-6-7-4-2;;/h1,3,5-6H,4H2,2H3;1H;/q-1;;+2/p-1. The molecule has 0 aromatic carbocycles. The summed E-state index contributed by atoms with van der Waals surface area (Å²) in [5.41, 5.74) is 0. The summed E-state index contributed by atoms with van der Waals surface area (Å²) in [5.74, 6) is 0. The van der Waals surface area contributed by atoms with Crippen molar-refractivity contribution in [3.8, 4) is 0 Å². The van der Waals surface area contributed by atoms with E-state index < -0.39 is 0 Å². The van der Waals surface area contributed by atoms with Gasteiger partial charge in [-0.05, 0) is 6.92 Å². The minimum atomic E-state index is 0. The van der Waals surface area contributed by atoms with Gasteiger partial charge in [0.25, 0.3) is 0 Å². The van der Waals surface area contributed by atoms with Crippen molar-refractivity contribution in [2.24, 2.45) is 0 Å². The summed E-state index contributed by atoms with van der Waals surface area (Å²) in [6, 6.07) is 0. The second-order valence-electron chi connectivity index (χ2n) is 0.976. The largest absolute Gasteiger partial charge is 2.00 e. The Morgan fingerprint density at radius 2 is 2.11 bits per heavy atom. The van der Waals surface area contributed by atoms with Crippen molar-refractivity contribution in [3.05, 3.63) is 25.0 Å². The molecule has 9 heavy (non-hydrogen) atoms. The van der Waals surface area contributed by atoms with Crippen LogP contribution in [0.4, 0.5) is 0 Å². The molecule has 0 aromatic heterocycles. The van der Waals surface area contributed by atoms with Crippen molar-refractivity contribution in [1.29, 1.82) is 0 Å². The third kappa shape index (κ3) is 17.7. The maximum atomic E-state index is 4.98. The Morgan fingerprint density at radius 1 is 1.56 bits per heavy atom. The Bertz CT molecular complexity index is 73.5. The molecule has 48 valence electrons. The van der Waals surface area contributed by atoms with Gasteiger partial charge in [0.05, 0.1) is 6.61 Å². The fraction of sp³-hybridized carbons (Fsp3) is 0.333. The minimum absolute atomic E-state index is 0. The number of halogens is 1. The van der Waals surface area contributed by atoms with Gasteiger partial charge in [-0.3, -0.25) is 6.58 Å². The van der Waals surface area contributed by atoms with E-state index in [9.17, 15) is 0 Å². The van der Waals surface area contributed by atoms with E-state index in [1.165, 1.54) is 6.08 Å². The number of hydrogen-bond donors (Lipinski definition) is 0. The van der Waals surface area contributed by atoms with E-state index in [0.29, 0.717) is 6.61 Å². The molecule has 0 saturated heterocycles. The van der Waals surface area contributed by atoms with Crippen LogP contribution in [-0.2, 0) is 4.74 Å². The molecule has 0 bridgehead atoms. The molecule has 0 N–H and O–H groups in total. The third-order valence-corrected chi connectivity index (χ3v) is 0.453. The predicted molar refractivity (Wildman–Crippen MR) is 35.4 cm³/mol. The van der Waals surface area contributed by atoms with Crippen molar-refractivity contribution < 1.29 is 21.7 Å². The average molecular weight is 201 g/mol. The molecule has 3 heteroatoms. The van der Waals surface area contributed by atoms with Crippen molar-refractivity contribution in [2.75, 3.05) is 6.61 Å². The van der Waals surface area contributed by atoms with Crippen LogP contribution in [0, 0.1) is 6.58 Å². The maximum absolute atomic E-state index is 4.98. The van der Waals surface area contributed by atoms with E-state index >= 15 is 0 Å². The number of rotatable bonds is 3. The second-order valence-corrected chi connectivity index (χ2v) is 0.976. The first kappa shape index (κ1) is 16.3. The summed E-state index contributed by atoms with van der Waals surface area (Å²) in [6.07, 6.45) is 4.62. The van der Waals surface area contributed by atoms with Gasteiger partial charge >= 0.3 is 23.1 Å². The average Bonchev–Trinajstić information content (AvgIpc) is 1.69. The van der Waals surface area contributed by atoms with Crippen LogP contribution in [0.5, 0.6) is 0 Å². The fourth-order valence-electron chi connectivity index (χ4n) is 0.197. The quantitative estimate of drug-likeness (QED) is 0.225. The monoisotopic (exact) mass is 200 g/mol. The zero-order valence-electron chi connectivity index (χ0n) is 5.51. The molecule has 0 aliphatic heterocycles. The van der Waals surface area contributed by atoms with Crippen LogP contribution in [0.1, 0.15) is 6.92 Å². The van der Waals surface area contributed by atoms with E-state index in [0.717, 1.165) is 0 Å². The van der Waals surface area contributed by atoms with Gasteiger partial charge in [0.1, 0.15) is 0 Å². The molecule has 0 fully saturated rings. The molecular weight excluding hydrogens is 192 g/mol. The van der Waals surface area contributed by atoms with Gasteiger partial charge in [0.2, 0.25) is 0 Å². The number of ether oxygens (including phenoxy) is 1. The molecule has 0 spiro atoms. The number of allylic oxidation sites excluding steroid dienone is 2. The molecule has 0 atom stereocenters. The molecule has 0 aliphatic rings. The first-order chi connectivity index (χ1) is 3.41. The van der Waals surface area contributed by atoms with Crippen LogP contribution in [0.25, 0.3) is 0 Å². The van der Waals surface area contributed by atoms with Gasteiger partial charge in [-0.1, -0.05) is 0 Å². The van der Waals surface area contributed by atoms with Gasteiger partial charge in [-0.2, -0.15) is 6.08 Å². The van der Waals surface area contributed by atoms with Crippen LogP contribution < -0.4 is 17.0 Å².